The van der Waals surface area contributed by atoms with E-state index >= 15 is 0 Å². The number of nitrogens with zero attached hydrogens (tertiary/aromatic N) is 1. The van der Waals surface area contributed by atoms with Crippen LogP contribution in [-0.2, 0) is 15.0 Å². The fourth-order valence-electron chi connectivity index (χ4n) is 5.36. The van der Waals surface area contributed by atoms with Gasteiger partial charge in [-0.1, -0.05) is 24.1 Å². The number of alkyl halides is 1. The minimum atomic E-state index is -1.79. The monoisotopic (exact) mass is 504 g/mol. The van der Waals surface area contributed by atoms with Crippen molar-refractivity contribution < 1.29 is 23.2 Å². The van der Waals surface area contributed by atoms with Crippen LogP contribution in [0, 0.1) is 18.2 Å². The van der Waals surface area contributed by atoms with E-state index in [4.69, 9.17) is 6.42 Å². The molecule has 3 N–H and O–H groups in total. The number of carbonyl (C=O) groups is 3. The van der Waals surface area contributed by atoms with Gasteiger partial charge in [-0.25, -0.2) is 8.78 Å². The van der Waals surface area contributed by atoms with Gasteiger partial charge in [-0.2, -0.15) is 0 Å². The van der Waals surface area contributed by atoms with Gasteiger partial charge < -0.3 is 20.5 Å². The number of likely N-dealkylation sites (tertiary alicyclic amines) is 1. The van der Waals surface area contributed by atoms with Crippen molar-refractivity contribution in [2.75, 3.05) is 11.9 Å². The van der Waals surface area contributed by atoms with Crippen LogP contribution in [0.5, 0.6) is 0 Å². The van der Waals surface area contributed by atoms with E-state index in [1.807, 2.05) is 18.2 Å². The first kappa shape index (κ1) is 24.5. The maximum absolute atomic E-state index is 14.8. The predicted molar refractivity (Wildman–Crippen MR) is 135 cm³/mol. The number of hydrogen-bond acceptors (Lipinski definition) is 3. The maximum atomic E-state index is 14.8. The van der Waals surface area contributed by atoms with Crippen LogP contribution in [0.15, 0.2) is 48.5 Å². The van der Waals surface area contributed by atoms with Crippen LogP contribution in [-0.4, -0.2) is 51.9 Å². The normalized spacial score (nSPS) is 21.5. The average Bonchev–Trinajstić information content (AvgIpc) is 3.51. The van der Waals surface area contributed by atoms with Crippen molar-refractivity contribution in [2.24, 2.45) is 0 Å². The van der Waals surface area contributed by atoms with Gasteiger partial charge in [-0.15, -0.1) is 6.42 Å². The molecular weight excluding hydrogens is 478 g/mol. The Kier molecular flexibility index (Phi) is 5.78. The Morgan fingerprint density at radius 3 is 2.76 bits per heavy atom. The Morgan fingerprint density at radius 1 is 1.27 bits per heavy atom. The number of H-pyrrole nitrogens is 1. The highest BCUT2D eigenvalue weighted by Crippen LogP contribution is 2.46. The smallest absolute Gasteiger partial charge is 0.268 e. The van der Waals surface area contributed by atoms with E-state index in [2.05, 4.69) is 21.5 Å². The van der Waals surface area contributed by atoms with E-state index in [1.165, 1.54) is 43.0 Å². The third-order valence-electron chi connectivity index (χ3n) is 7.08. The number of para-hydroxylation sites is 1. The van der Waals surface area contributed by atoms with Gasteiger partial charge in [0.25, 0.3) is 5.91 Å². The molecule has 3 aromatic rings. The number of halogens is 2. The van der Waals surface area contributed by atoms with E-state index in [0.717, 1.165) is 5.56 Å². The van der Waals surface area contributed by atoms with Crippen molar-refractivity contribution in [3.05, 3.63) is 65.6 Å². The molecule has 0 radical (unpaired) electrons. The molecule has 7 nitrogen and oxygen atoms in total. The van der Waals surface area contributed by atoms with E-state index in [0.29, 0.717) is 16.6 Å². The number of hydrogen-bond donors (Lipinski definition) is 3. The molecule has 2 aliphatic heterocycles. The average molecular weight is 505 g/mol. The predicted octanol–water partition coefficient (Wildman–Crippen LogP) is 3.67. The lowest BCUT2D eigenvalue weighted by atomic mass is 9.79. The molecule has 0 saturated carbocycles. The minimum Gasteiger partial charge on any atom is -0.350 e. The van der Waals surface area contributed by atoms with Crippen LogP contribution < -0.4 is 10.6 Å². The van der Waals surface area contributed by atoms with Crippen molar-refractivity contribution in [1.82, 2.24) is 15.2 Å². The summed E-state index contributed by atoms with van der Waals surface area (Å²) in [5.41, 5.74) is -0.874. The summed E-state index contributed by atoms with van der Waals surface area (Å²) in [6.45, 7) is 2.64. The molecule has 2 unspecified atom stereocenters. The number of fused-ring (bicyclic) bond motifs is 3. The number of aromatic nitrogens is 1. The van der Waals surface area contributed by atoms with Crippen molar-refractivity contribution in [1.29, 1.82) is 0 Å². The topological polar surface area (TPSA) is 94.3 Å². The molecule has 3 atom stereocenters. The Hall–Kier alpha value is -4.19. The van der Waals surface area contributed by atoms with E-state index in [1.54, 1.807) is 6.07 Å². The Balaban J connectivity index is 1.44. The fourth-order valence-corrected chi connectivity index (χ4v) is 5.36. The molecule has 1 saturated heterocycles. The molecule has 190 valence electrons. The molecule has 9 heteroatoms. The number of amides is 3. The van der Waals surface area contributed by atoms with Crippen LogP contribution in [0.4, 0.5) is 14.5 Å². The zero-order valence-corrected chi connectivity index (χ0v) is 20.4. The molecule has 1 spiro atoms. The number of anilines is 1. The number of aromatic amines is 1. The standard InChI is InChI=1S/C28H26F2N4O3/c1-4-18-13-28(19-7-5-6-8-20(19)33-26(28)37)15-34(18)25(36)23(14-27(2,3)30)32-24(35)22-11-16-9-10-17(29)12-21(16)31-22/h1,5-12,18,23,31H,13-15H2,2-3H3,(H,32,35)(H,33,37)/t18?,23?,28-/m0/s1. The summed E-state index contributed by atoms with van der Waals surface area (Å²) in [5, 5.41) is 6.11. The summed E-state index contributed by atoms with van der Waals surface area (Å²) >= 11 is 0. The number of terminal acetylenes is 1. The van der Waals surface area contributed by atoms with Gasteiger partial charge in [0.1, 0.15) is 23.2 Å². The van der Waals surface area contributed by atoms with Gasteiger partial charge in [0.2, 0.25) is 11.8 Å². The molecule has 37 heavy (non-hydrogen) atoms. The minimum absolute atomic E-state index is 0.00823. The Bertz CT molecular complexity index is 1470. The summed E-state index contributed by atoms with van der Waals surface area (Å²) in [5.74, 6) is 0.672. The molecule has 1 aromatic heterocycles. The first-order valence-corrected chi connectivity index (χ1v) is 12.0. The van der Waals surface area contributed by atoms with Gasteiger partial charge in [0.15, 0.2) is 0 Å². The second kappa shape index (κ2) is 8.73. The summed E-state index contributed by atoms with van der Waals surface area (Å²) in [4.78, 5) is 44.2. The zero-order chi connectivity index (χ0) is 26.5. The molecule has 2 aliphatic rings. The number of carbonyl (C=O) groups excluding carboxylic acids is 3. The fraction of sp³-hybridized carbons (Fsp3) is 0.321. The van der Waals surface area contributed by atoms with Gasteiger partial charge >= 0.3 is 0 Å². The van der Waals surface area contributed by atoms with Crippen LogP contribution in [0.3, 0.4) is 0 Å². The van der Waals surface area contributed by atoms with Crippen molar-refractivity contribution in [3.63, 3.8) is 0 Å². The van der Waals surface area contributed by atoms with Crippen molar-refractivity contribution in [3.8, 4) is 12.3 Å². The number of rotatable bonds is 5. The summed E-state index contributed by atoms with van der Waals surface area (Å²) in [7, 11) is 0. The molecule has 2 aromatic carbocycles. The van der Waals surface area contributed by atoms with E-state index in [-0.39, 0.29) is 31.0 Å². The van der Waals surface area contributed by atoms with E-state index in [9.17, 15) is 23.2 Å². The van der Waals surface area contributed by atoms with Crippen molar-refractivity contribution >= 4 is 34.3 Å². The lowest BCUT2D eigenvalue weighted by Gasteiger charge is -2.30. The highest BCUT2D eigenvalue weighted by Gasteiger charge is 2.56. The molecule has 5 rings (SSSR count). The first-order valence-electron chi connectivity index (χ1n) is 12.0. The first-order chi connectivity index (χ1) is 17.5. The second-order valence-corrected chi connectivity index (χ2v) is 10.3. The van der Waals surface area contributed by atoms with Crippen molar-refractivity contribution in [2.45, 2.75) is 49.9 Å². The lowest BCUT2D eigenvalue weighted by Crippen LogP contribution is -2.52. The molecule has 3 amide bonds. The second-order valence-electron chi connectivity index (χ2n) is 10.3. The van der Waals surface area contributed by atoms with Crippen LogP contribution in [0.2, 0.25) is 0 Å². The van der Waals surface area contributed by atoms with Crippen LogP contribution in [0.1, 0.15) is 42.7 Å². The van der Waals surface area contributed by atoms with Gasteiger partial charge in [0.05, 0.1) is 11.5 Å². The van der Waals surface area contributed by atoms with Crippen LogP contribution >= 0.6 is 0 Å². The van der Waals surface area contributed by atoms with Crippen LogP contribution in [0.25, 0.3) is 10.9 Å². The van der Waals surface area contributed by atoms with Gasteiger partial charge in [-0.3, -0.25) is 14.4 Å². The summed E-state index contributed by atoms with van der Waals surface area (Å²) < 4.78 is 28.4. The largest absolute Gasteiger partial charge is 0.350 e. The molecule has 3 heterocycles. The Morgan fingerprint density at radius 2 is 2.03 bits per heavy atom. The third-order valence-corrected chi connectivity index (χ3v) is 7.08. The molecule has 0 aliphatic carbocycles. The third kappa shape index (κ3) is 4.33. The van der Waals surface area contributed by atoms with Gasteiger partial charge in [-0.05, 0) is 56.2 Å². The SMILES string of the molecule is C#CC1C[C@@]2(CN1C(=O)C(CC(C)(C)F)NC(=O)c1cc3ccc(F)cc3[nH]1)C(=O)Nc1ccccc12. The molecule has 0 bridgehead atoms. The lowest BCUT2D eigenvalue weighted by molar-refractivity contribution is -0.134. The maximum Gasteiger partial charge on any atom is 0.268 e. The quantitative estimate of drug-likeness (QED) is 0.463. The van der Waals surface area contributed by atoms with E-state index < -0.39 is 40.8 Å². The zero-order valence-electron chi connectivity index (χ0n) is 20.4. The molecule has 1 fully saturated rings. The van der Waals surface area contributed by atoms with Gasteiger partial charge in [0, 0.05) is 29.6 Å². The highest BCUT2D eigenvalue weighted by molar-refractivity contribution is 6.07. The Labute approximate surface area is 212 Å². The number of benzene rings is 2. The molecular formula is C28H26F2N4O3. The summed E-state index contributed by atoms with van der Waals surface area (Å²) in [6.07, 6.45) is 5.68. The highest BCUT2D eigenvalue weighted by atomic mass is 19.1. The number of nitrogens with one attached hydrogen (secondary N) is 3. The summed E-state index contributed by atoms with van der Waals surface area (Å²) in [6, 6.07) is 10.9.